The Kier molecular flexibility index (Phi) is 620. The zero-order valence-corrected chi connectivity index (χ0v) is 10.6. The summed E-state index contributed by atoms with van der Waals surface area (Å²) in [5.41, 5.74) is 0. The first kappa shape index (κ1) is 152. The second kappa shape index (κ2) is 61.2. The van der Waals surface area contributed by atoms with E-state index in [2.05, 4.69) is 0 Å². The summed E-state index contributed by atoms with van der Waals surface area (Å²) >= 11 is 0. The topological polar surface area (TPSA) is 364 Å². The monoisotopic (exact) mass is 282 g/mol. The summed E-state index contributed by atoms with van der Waals surface area (Å²) in [7, 11) is -4.89. The van der Waals surface area contributed by atoms with Gasteiger partial charge in [0.1, 0.15) is 0 Å². The van der Waals surface area contributed by atoms with Crippen molar-refractivity contribution in [2.24, 2.45) is 0 Å². The smallest absolute Gasteiger partial charge is 0.756 e. The molecule has 0 unspecified atom stereocenters. The first-order chi connectivity index (χ1) is 2.00. The molecule has 0 bridgehead atoms. The molecule has 0 aromatic heterocycles. The van der Waals surface area contributed by atoms with Crippen LogP contribution in [0.5, 0.6) is 0 Å². The van der Waals surface area contributed by atoms with Crippen LogP contribution in [0.15, 0.2) is 0 Å². The minimum absolute atomic E-state index is 0. The number of rotatable bonds is 0. The van der Waals surface area contributed by atoms with Crippen molar-refractivity contribution in [3.8, 4) is 0 Å². The second-order valence-corrected chi connectivity index (χ2v) is 1.47. The Labute approximate surface area is 106 Å². The van der Waals surface area contributed by atoms with E-state index in [0.717, 1.165) is 0 Å². The molecule has 0 heterocycles. The van der Waals surface area contributed by atoms with E-state index in [9.17, 15) is 0 Å². The summed E-state index contributed by atoms with van der Waals surface area (Å²) in [6.07, 6.45) is 0. The van der Waals surface area contributed by atoms with Crippen LogP contribution < -0.4 is 34.5 Å². The van der Waals surface area contributed by atoms with Crippen LogP contribution >= 0.6 is 7.82 Å². The molecule has 0 amide bonds. The Morgan fingerprint density at radius 1 is 0.667 bits per heavy atom. The van der Waals surface area contributed by atoms with E-state index in [4.69, 9.17) is 19.2 Å². The maximum Gasteiger partial charge on any atom is 1.00 e. The Balaban J connectivity index is -0.00000000178. The van der Waals surface area contributed by atoms with Crippen molar-refractivity contribution >= 4 is 7.82 Å². The summed E-state index contributed by atoms with van der Waals surface area (Å²) < 4.78 is 8.77. The molecule has 0 fully saturated rings. The fraction of sp³-hybridized carbons (Fsp3) is 0. The molecule has 0 rings (SSSR count). The van der Waals surface area contributed by atoms with Gasteiger partial charge in [-0.15, -0.1) is 0 Å². The molecule has 13 nitrogen and oxygen atoms in total. The molecule has 0 aliphatic rings. The van der Waals surface area contributed by atoms with Crippen molar-refractivity contribution in [1.29, 1.82) is 0 Å². The molecular weight excluding hydrogens is 262 g/mol. The van der Waals surface area contributed by atoms with Crippen molar-refractivity contribution in [2.75, 3.05) is 0 Å². The van der Waals surface area contributed by atoms with E-state index in [-0.39, 0.29) is 78.8 Å². The zero-order valence-electron chi connectivity index (χ0n) is 7.66. The van der Waals surface area contributed by atoms with Gasteiger partial charge >= 0.3 is 29.6 Å². The summed E-state index contributed by atoms with van der Waals surface area (Å²) in [5, 5.41) is 0. The minimum atomic E-state index is -4.89. The number of hydrogen-bond donors (Lipinski definition) is 2. The molecule has 0 atom stereocenters. The van der Waals surface area contributed by atoms with Crippen LogP contribution in [-0.4, -0.2) is 59.1 Å². The molecular formula is H20NaO13P. The second-order valence-electron chi connectivity index (χ2n) is 0.491. The fourth-order valence-electron chi connectivity index (χ4n) is 0. The van der Waals surface area contributed by atoms with Gasteiger partial charge in [-0.3, -0.25) is 4.57 Å². The van der Waals surface area contributed by atoms with Gasteiger partial charge in [0.15, 0.2) is 0 Å². The van der Waals surface area contributed by atoms with Gasteiger partial charge in [-0.2, -0.15) is 0 Å². The average Bonchev–Trinajstić information content (AvgIpc) is 0.722. The van der Waals surface area contributed by atoms with Gasteiger partial charge in [0.25, 0.3) is 7.82 Å². The number of hydrogen-bond acceptors (Lipinski definition) is 2. The molecule has 0 saturated carbocycles. The molecule has 0 saturated heterocycles. The molecule has 0 aliphatic heterocycles. The molecule has 15 heteroatoms. The Morgan fingerprint density at radius 3 is 0.667 bits per heavy atom. The van der Waals surface area contributed by atoms with Crippen molar-refractivity contribution in [1.82, 2.24) is 0 Å². The maximum absolute atomic E-state index is 8.77. The van der Waals surface area contributed by atoms with E-state index in [0.29, 0.717) is 0 Å². The van der Waals surface area contributed by atoms with Crippen LogP contribution in [0, 0.1) is 0 Å². The Morgan fingerprint density at radius 2 is 0.667 bits per heavy atom. The predicted molar refractivity (Wildman–Crippen MR) is 44.6 cm³/mol. The first-order valence-electron chi connectivity index (χ1n) is 0.765. The van der Waals surface area contributed by atoms with Gasteiger partial charge in [-0.25, -0.2) is 0 Å². The van der Waals surface area contributed by atoms with Crippen LogP contribution in [0.25, 0.3) is 0 Å². The van der Waals surface area contributed by atoms with Gasteiger partial charge < -0.3 is 64.0 Å². The minimum Gasteiger partial charge on any atom is -0.756 e. The van der Waals surface area contributed by atoms with E-state index >= 15 is 0 Å². The van der Waals surface area contributed by atoms with Crippen molar-refractivity contribution in [3.63, 3.8) is 0 Å². The van der Waals surface area contributed by atoms with Crippen molar-refractivity contribution < 1.29 is 98.1 Å². The van der Waals surface area contributed by atoms with Gasteiger partial charge in [0.2, 0.25) is 0 Å². The molecule has 0 aromatic carbocycles. The fourth-order valence-corrected chi connectivity index (χ4v) is 0. The quantitative estimate of drug-likeness (QED) is 0.322. The van der Waals surface area contributed by atoms with E-state index in [1.165, 1.54) is 0 Å². The van der Waals surface area contributed by atoms with E-state index in [1.54, 1.807) is 0 Å². The third-order valence-corrected chi connectivity index (χ3v) is 0. The van der Waals surface area contributed by atoms with E-state index < -0.39 is 7.82 Å². The summed E-state index contributed by atoms with van der Waals surface area (Å²) in [6.45, 7) is 0. The molecule has 0 radical (unpaired) electrons. The van der Waals surface area contributed by atoms with Crippen LogP contribution in [0.4, 0.5) is 0 Å². The Hall–Kier alpha value is 0.750. The van der Waals surface area contributed by atoms with Crippen LogP contribution in [-0.2, 0) is 4.57 Å². The van der Waals surface area contributed by atoms with Gasteiger partial charge in [-0.05, 0) is 0 Å². The summed E-state index contributed by atoms with van der Waals surface area (Å²) in [6, 6.07) is 0. The van der Waals surface area contributed by atoms with E-state index in [1.807, 2.05) is 0 Å². The third kappa shape index (κ3) is 4260. The Bertz CT molecular complexity index is 56.7. The molecule has 0 aromatic rings. The first-order valence-corrected chi connectivity index (χ1v) is 2.30. The zero-order chi connectivity index (χ0) is 4.50. The third-order valence-electron chi connectivity index (χ3n) is 0. The molecule has 0 aliphatic carbocycles. The molecule has 15 heavy (non-hydrogen) atoms. The molecule has 0 spiro atoms. The maximum atomic E-state index is 8.77. The number of phosphoric acid groups is 1. The summed E-state index contributed by atoms with van der Waals surface area (Å²) in [4.78, 5) is 22.9. The van der Waals surface area contributed by atoms with Gasteiger partial charge in [0.05, 0.1) is 0 Å². The predicted octanol–water partition coefficient (Wildman–Crippen LogP) is -12.0. The standard InChI is InChI=1S/Na.H3O4P.9H2O/c;1-5(2,3)4;;;;;;;;;/h;(H3,1,2,3,4);9*1H2/q+1;;;;;;;;;;/p-1. The largest absolute Gasteiger partial charge is 1.00 e. The van der Waals surface area contributed by atoms with Gasteiger partial charge in [-0.1, -0.05) is 0 Å². The molecule has 104 valence electrons. The molecule has 20 N–H and O–H groups in total. The normalized spacial score (nSPS) is 3.93. The SMILES string of the molecule is O.O.O.O.O.O.O.O.O.O=P([O-])(O)O.[Na+]. The van der Waals surface area contributed by atoms with Crippen LogP contribution in [0.1, 0.15) is 0 Å². The summed E-state index contributed by atoms with van der Waals surface area (Å²) in [5.74, 6) is 0. The van der Waals surface area contributed by atoms with Crippen molar-refractivity contribution in [3.05, 3.63) is 0 Å². The van der Waals surface area contributed by atoms with Gasteiger partial charge in [0, 0.05) is 0 Å². The van der Waals surface area contributed by atoms with Crippen LogP contribution in [0.3, 0.4) is 0 Å². The van der Waals surface area contributed by atoms with Crippen LogP contribution in [0.2, 0.25) is 0 Å². The average molecular weight is 282 g/mol. The van der Waals surface area contributed by atoms with Crippen molar-refractivity contribution in [2.45, 2.75) is 0 Å².